The first-order valence-electron chi connectivity index (χ1n) is 8.70. The lowest BCUT2D eigenvalue weighted by Crippen LogP contribution is -2.43. The fraction of sp³-hybridized carbons (Fsp3) is 0.632. The third-order valence-corrected chi connectivity index (χ3v) is 5.64. The average molecular weight is 339 g/mol. The van der Waals surface area contributed by atoms with Crippen LogP contribution in [0.2, 0.25) is 0 Å². The maximum Gasteiger partial charge on any atom is 0.223 e. The van der Waals surface area contributed by atoms with Crippen molar-refractivity contribution in [2.45, 2.75) is 51.4 Å². The first-order chi connectivity index (χ1) is 10.7. The fourth-order valence-electron chi connectivity index (χ4n) is 3.85. The molecule has 130 valence electrons. The molecular weight excluding hydrogens is 308 g/mol. The highest BCUT2D eigenvalue weighted by molar-refractivity contribution is 5.85. The number of rotatable bonds is 7. The Balaban J connectivity index is 0.00000264. The standard InChI is InChI=1S/C19H30N2O.ClH/c1-3-19(4-2,16-10-6-5-7-11-16)14-21-18(22)17-12-8-9-15(17)13-20;/h5-7,10-11,15,17H,3-4,8-9,12-14,20H2,1-2H3,(H,21,22);1H/t15-,17-;/m1./s1. The second-order valence-corrected chi connectivity index (χ2v) is 6.60. The lowest BCUT2D eigenvalue weighted by atomic mass is 9.75. The van der Waals surface area contributed by atoms with Crippen LogP contribution in [-0.4, -0.2) is 19.0 Å². The van der Waals surface area contributed by atoms with E-state index in [4.69, 9.17) is 5.73 Å². The third kappa shape index (κ3) is 4.48. The monoisotopic (exact) mass is 338 g/mol. The Kier molecular flexibility index (Phi) is 8.07. The molecule has 1 aromatic carbocycles. The summed E-state index contributed by atoms with van der Waals surface area (Å²) in [6.07, 6.45) is 5.27. The summed E-state index contributed by atoms with van der Waals surface area (Å²) in [5, 5.41) is 3.24. The molecule has 0 spiro atoms. The first-order valence-corrected chi connectivity index (χ1v) is 8.70. The van der Waals surface area contributed by atoms with Crippen LogP contribution in [0, 0.1) is 11.8 Å². The molecule has 4 heteroatoms. The van der Waals surface area contributed by atoms with E-state index in [2.05, 4.69) is 43.4 Å². The van der Waals surface area contributed by atoms with Crippen LogP contribution in [0.25, 0.3) is 0 Å². The average Bonchev–Trinajstić information content (AvgIpc) is 3.06. The molecule has 2 atom stereocenters. The molecule has 0 bridgehead atoms. The second-order valence-electron chi connectivity index (χ2n) is 6.60. The second kappa shape index (κ2) is 9.29. The van der Waals surface area contributed by atoms with Gasteiger partial charge >= 0.3 is 0 Å². The molecule has 3 N–H and O–H groups in total. The van der Waals surface area contributed by atoms with Crippen LogP contribution in [0.3, 0.4) is 0 Å². The molecule has 1 aliphatic rings. The number of hydrogen-bond acceptors (Lipinski definition) is 2. The zero-order valence-corrected chi connectivity index (χ0v) is 15.2. The molecular formula is C19H31ClN2O. The Labute approximate surface area is 146 Å². The highest BCUT2D eigenvalue weighted by atomic mass is 35.5. The van der Waals surface area contributed by atoms with Gasteiger partial charge in [0.2, 0.25) is 5.91 Å². The minimum absolute atomic E-state index is 0. The van der Waals surface area contributed by atoms with Gasteiger partial charge in [0.25, 0.3) is 0 Å². The van der Waals surface area contributed by atoms with Crippen LogP contribution in [0.5, 0.6) is 0 Å². The maximum absolute atomic E-state index is 12.6. The molecule has 2 rings (SSSR count). The van der Waals surface area contributed by atoms with Gasteiger partial charge in [-0.25, -0.2) is 0 Å². The topological polar surface area (TPSA) is 55.1 Å². The molecule has 23 heavy (non-hydrogen) atoms. The molecule has 1 aromatic rings. The van der Waals surface area contributed by atoms with E-state index >= 15 is 0 Å². The van der Waals surface area contributed by atoms with Gasteiger partial charge in [-0.2, -0.15) is 0 Å². The van der Waals surface area contributed by atoms with Gasteiger partial charge in [-0.05, 0) is 43.7 Å². The summed E-state index contributed by atoms with van der Waals surface area (Å²) >= 11 is 0. The SMILES string of the molecule is CCC(CC)(CNC(=O)[C@@H]1CCC[C@@H]1CN)c1ccccc1.Cl. The Morgan fingerprint density at radius 3 is 2.43 bits per heavy atom. The van der Waals surface area contributed by atoms with E-state index in [-0.39, 0.29) is 29.6 Å². The first kappa shape index (κ1) is 20.0. The third-order valence-electron chi connectivity index (χ3n) is 5.64. The van der Waals surface area contributed by atoms with Gasteiger partial charge in [0.1, 0.15) is 0 Å². The molecule has 0 aromatic heterocycles. The highest BCUT2D eigenvalue weighted by Crippen LogP contribution is 2.33. The van der Waals surface area contributed by atoms with E-state index in [1.54, 1.807) is 0 Å². The van der Waals surface area contributed by atoms with Crippen LogP contribution in [0.1, 0.15) is 51.5 Å². The van der Waals surface area contributed by atoms with Crippen LogP contribution < -0.4 is 11.1 Å². The smallest absolute Gasteiger partial charge is 0.223 e. The largest absolute Gasteiger partial charge is 0.355 e. The molecule has 1 amide bonds. The van der Waals surface area contributed by atoms with Gasteiger partial charge in [0.05, 0.1) is 0 Å². The lowest BCUT2D eigenvalue weighted by molar-refractivity contribution is -0.126. The number of carbonyl (C=O) groups is 1. The van der Waals surface area contributed by atoms with Crippen LogP contribution in [0.15, 0.2) is 30.3 Å². The number of benzene rings is 1. The molecule has 0 radical (unpaired) electrons. The van der Waals surface area contributed by atoms with Gasteiger partial charge < -0.3 is 11.1 Å². The van der Waals surface area contributed by atoms with Gasteiger partial charge in [0.15, 0.2) is 0 Å². The summed E-state index contributed by atoms with van der Waals surface area (Å²) in [5.74, 6) is 0.691. The summed E-state index contributed by atoms with van der Waals surface area (Å²) in [6, 6.07) is 10.6. The quantitative estimate of drug-likeness (QED) is 0.797. The summed E-state index contributed by atoms with van der Waals surface area (Å²) in [6.45, 7) is 5.77. The number of nitrogens with one attached hydrogen (secondary N) is 1. The van der Waals surface area contributed by atoms with Crippen molar-refractivity contribution in [3.05, 3.63) is 35.9 Å². The molecule has 0 heterocycles. The molecule has 0 saturated heterocycles. The van der Waals surface area contributed by atoms with Crippen molar-refractivity contribution in [3.63, 3.8) is 0 Å². The van der Waals surface area contributed by atoms with E-state index in [9.17, 15) is 4.79 Å². The normalized spacial score (nSPS) is 20.8. The molecule has 0 aliphatic heterocycles. The van der Waals surface area contributed by atoms with Crippen molar-refractivity contribution in [2.75, 3.05) is 13.1 Å². The molecule has 1 fully saturated rings. The van der Waals surface area contributed by atoms with Crippen LogP contribution in [0.4, 0.5) is 0 Å². The Morgan fingerprint density at radius 2 is 1.87 bits per heavy atom. The Bertz CT molecular complexity index is 474. The van der Waals surface area contributed by atoms with Gasteiger partial charge in [-0.1, -0.05) is 50.6 Å². The molecule has 1 saturated carbocycles. The summed E-state index contributed by atoms with van der Waals surface area (Å²) in [7, 11) is 0. The predicted octanol–water partition coefficient (Wildman–Crippen LogP) is 3.66. The lowest BCUT2D eigenvalue weighted by Gasteiger charge is -2.33. The van der Waals surface area contributed by atoms with E-state index in [1.807, 2.05) is 6.07 Å². The zero-order chi connectivity index (χ0) is 16.0. The molecule has 0 unspecified atom stereocenters. The van der Waals surface area contributed by atoms with E-state index in [0.717, 1.165) is 38.6 Å². The highest BCUT2D eigenvalue weighted by Gasteiger charge is 2.34. The van der Waals surface area contributed by atoms with Crippen molar-refractivity contribution >= 4 is 18.3 Å². The van der Waals surface area contributed by atoms with Gasteiger partial charge in [-0.3, -0.25) is 4.79 Å². The fourth-order valence-corrected chi connectivity index (χ4v) is 3.85. The van der Waals surface area contributed by atoms with Crippen molar-refractivity contribution in [1.82, 2.24) is 5.32 Å². The predicted molar refractivity (Wildman–Crippen MR) is 98.8 cm³/mol. The van der Waals surface area contributed by atoms with Crippen LogP contribution >= 0.6 is 12.4 Å². The number of amides is 1. The minimum Gasteiger partial charge on any atom is -0.355 e. The van der Waals surface area contributed by atoms with Crippen molar-refractivity contribution < 1.29 is 4.79 Å². The molecule has 3 nitrogen and oxygen atoms in total. The number of halogens is 1. The van der Waals surface area contributed by atoms with E-state index < -0.39 is 0 Å². The number of hydrogen-bond donors (Lipinski definition) is 2. The van der Waals surface area contributed by atoms with Crippen molar-refractivity contribution in [3.8, 4) is 0 Å². The Morgan fingerprint density at radius 1 is 1.22 bits per heavy atom. The van der Waals surface area contributed by atoms with E-state index in [0.29, 0.717) is 12.5 Å². The zero-order valence-electron chi connectivity index (χ0n) is 14.4. The molecule has 1 aliphatic carbocycles. The summed E-state index contributed by atoms with van der Waals surface area (Å²) in [4.78, 5) is 12.6. The number of carbonyl (C=O) groups excluding carboxylic acids is 1. The van der Waals surface area contributed by atoms with Gasteiger partial charge in [-0.15, -0.1) is 12.4 Å². The van der Waals surface area contributed by atoms with Crippen molar-refractivity contribution in [1.29, 1.82) is 0 Å². The van der Waals surface area contributed by atoms with E-state index in [1.165, 1.54) is 5.56 Å². The van der Waals surface area contributed by atoms with Crippen LogP contribution in [-0.2, 0) is 10.2 Å². The van der Waals surface area contributed by atoms with Crippen molar-refractivity contribution in [2.24, 2.45) is 17.6 Å². The van der Waals surface area contributed by atoms with Gasteiger partial charge in [0, 0.05) is 17.9 Å². The minimum atomic E-state index is 0. The maximum atomic E-state index is 12.6. The summed E-state index contributed by atoms with van der Waals surface area (Å²) in [5.41, 5.74) is 7.16. The summed E-state index contributed by atoms with van der Waals surface area (Å²) < 4.78 is 0. The number of nitrogens with two attached hydrogens (primary N) is 1. The Hall–Kier alpha value is -1.06.